The Balaban J connectivity index is 1.34. The lowest BCUT2D eigenvalue weighted by Crippen LogP contribution is -2.71. The average molecular weight is 638 g/mol. The number of carbonyl (C=O) groups is 5. The highest BCUT2D eigenvalue weighted by atomic mass is 32.2. The molecule has 2 saturated heterocycles. The molecule has 0 radical (unpaired) electrons. The molecular formula is C29H27N5O10S. The summed E-state index contributed by atoms with van der Waals surface area (Å²) < 4.78 is 14.8. The Morgan fingerprint density at radius 3 is 2.44 bits per heavy atom. The maximum atomic E-state index is 13.5. The second-order valence-electron chi connectivity index (χ2n) is 10.5. The fourth-order valence-corrected chi connectivity index (χ4v) is 6.79. The van der Waals surface area contributed by atoms with E-state index in [0.717, 1.165) is 18.7 Å². The van der Waals surface area contributed by atoms with Crippen molar-refractivity contribution in [3.63, 3.8) is 0 Å². The van der Waals surface area contributed by atoms with E-state index in [1.165, 1.54) is 29.2 Å². The van der Waals surface area contributed by atoms with Crippen LogP contribution >= 0.6 is 11.8 Å². The van der Waals surface area contributed by atoms with Gasteiger partial charge in [-0.1, -0.05) is 35.5 Å². The predicted octanol–water partition coefficient (Wildman–Crippen LogP) is 2.72. The number of hydrogen-bond acceptors (Lipinski definition) is 12. The van der Waals surface area contributed by atoms with Crippen LogP contribution in [0.3, 0.4) is 0 Å². The first-order chi connectivity index (χ1) is 21.4. The number of aryl methyl sites for hydroxylation is 1. The summed E-state index contributed by atoms with van der Waals surface area (Å²) in [5.74, 6) is -2.39. The van der Waals surface area contributed by atoms with E-state index in [2.05, 4.69) is 10.5 Å². The lowest BCUT2D eigenvalue weighted by molar-refractivity contribution is -0.384. The van der Waals surface area contributed by atoms with E-state index in [1.54, 1.807) is 38.1 Å². The van der Waals surface area contributed by atoms with Crippen LogP contribution in [0.4, 0.5) is 10.5 Å². The van der Waals surface area contributed by atoms with Crippen LogP contribution in [0.15, 0.2) is 59.1 Å². The van der Waals surface area contributed by atoms with E-state index in [9.17, 15) is 34.1 Å². The molecule has 234 valence electrons. The summed E-state index contributed by atoms with van der Waals surface area (Å²) >= 11 is 1.13. The summed E-state index contributed by atoms with van der Waals surface area (Å²) in [6, 6.07) is 12.0. The number of nitrogens with one attached hydrogen (secondary N) is 2. The molecule has 0 bridgehead atoms. The number of carbonyl (C=O) groups excluding carboxylic acids is 5. The van der Waals surface area contributed by atoms with Gasteiger partial charge in [-0.2, -0.15) is 0 Å². The van der Waals surface area contributed by atoms with Crippen LogP contribution in [0.1, 0.15) is 35.5 Å². The van der Waals surface area contributed by atoms with Crippen LogP contribution in [-0.4, -0.2) is 73.6 Å². The molecule has 5 rings (SSSR count). The van der Waals surface area contributed by atoms with Crippen LogP contribution in [-0.2, 0) is 30.5 Å². The number of β-lactam (4-membered cyclic amide) rings is 1. The average Bonchev–Trinajstić information content (AvgIpc) is 3.53. The zero-order valence-electron chi connectivity index (χ0n) is 24.2. The normalized spacial score (nSPS) is 21.7. The van der Waals surface area contributed by atoms with E-state index in [4.69, 9.17) is 14.0 Å². The Labute approximate surface area is 259 Å². The number of benzene rings is 2. The molecule has 1 aromatic heterocycles. The van der Waals surface area contributed by atoms with Crippen LogP contribution in [0.5, 0.6) is 0 Å². The van der Waals surface area contributed by atoms with Crippen molar-refractivity contribution in [1.82, 2.24) is 20.7 Å². The fraction of sp³-hybridized carbons (Fsp3) is 0.310. The predicted molar refractivity (Wildman–Crippen MR) is 156 cm³/mol. The molecule has 4 amide bonds. The Hall–Kier alpha value is -5.25. The number of amides is 4. The third kappa shape index (κ3) is 6.22. The molecule has 2 aliphatic rings. The van der Waals surface area contributed by atoms with Gasteiger partial charge < -0.3 is 24.2 Å². The molecule has 2 N–H and O–H groups in total. The summed E-state index contributed by atoms with van der Waals surface area (Å²) in [6.45, 7) is 3.66. The third-order valence-electron chi connectivity index (χ3n) is 7.27. The number of esters is 1. The third-order valence-corrected chi connectivity index (χ3v) is 8.89. The minimum atomic E-state index is -1.25. The molecule has 0 unspecified atom stereocenters. The Bertz CT molecular complexity index is 1680. The Kier molecular flexibility index (Phi) is 8.59. The topological polar surface area (TPSA) is 200 Å². The maximum absolute atomic E-state index is 13.5. The first-order valence-corrected chi connectivity index (χ1v) is 14.4. The van der Waals surface area contributed by atoms with Crippen LogP contribution in [0.25, 0.3) is 11.3 Å². The monoisotopic (exact) mass is 637 g/mol. The molecule has 3 heterocycles. The molecule has 2 aromatic carbocycles. The number of hydrogen-bond donors (Lipinski definition) is 2. The van der Waals surface area contributed by atoms with Crippen molar-refractivity contribution in [3.8, 4) is 11.3 Å². The first-order valence-electron chi connectivity index (χ1n) is 13.6. The number of nitro benzene ring substituents is 1. The number of non-ortho nitro benzene ring substituents is 1. The van der Waals surface area contributed by atoms with Gasteiger partial charge in [0.2, 0.25) is 11.8 Å². The Morgan fingerprint density at radius 2 is 1.80 bits per heavy atom. The minimum absolute atomic E-state index is 0.134. The van der Waals surface area contributed by atoms with E-state index >= 15 is 0 Å². The number of alkyl carbamates (subject to hydrolysis) is 1. The number of aromatic nitrogens is 1. The molecule has 4 atom stereocenters. The summed E-state index contributed by atoms with van der Waals surface area (Å²) in [7, 11) is 0. The zero-order valence-corrected chi connectivity index (χ0v) is 25.0. The standard InChI is InChI=1S/C29H27N5O10S/c1-15-20(21(32-44-15)18-7-5-4-6-8-18)24(36)31-22-25(37)33-23(27(38)42-13-17-9-11-19(12-10-17)34(40)41)29(3,45-26(22)33)14-43-28(39)30-16(2)35/h4-12,22-23,26H,13-14H2,1-3H3,(H,31,36)(H,30,35,39)/t22-,23+,26-,29+/m1/s1. The molecule has 0 spiro atoms. The zero-order chi connectivity index (χ0) is 32.5. The number of fused-ring (bicyclic) bond motifs is 1. The molecule has 2 aliphatic heterocycles. The second-order valence-corrected chi connectivity index (χ2v) is 12.2. The number of imide groups is 1. The summed E-state index contributed by atoms with van der Waals surface area (Å²) in [5.41, 5.74) is 1.43. The van der Waals surface area contributed by atoms with Crippen molar-refractivity contribution in [2.75, 3.05) is 6.61 Å². The number of thioether (sulfide) groups is 1. The van der Waals surface area contributed by atoms with E-state index < -0.39 is 63.5 Å². The summed E-state index contributed by atoms with van der Waals surface area (Å²) in [4.78, 5) is 75.4. The van der Waals surface area contributed by atoms with Crippen LogP contribution in [0.2, 0.25) is 0 Å². The lowest BCUT2D eigenvalue weighted by Gasteiger charge is -2.43. The second kappa shape index (κ2) is 12.4. The van der Waals surface area contributed by atoms with Crippen molar-refractivity contribution in [1.29, 1.82) is 0 Å². The molecule has 15 nitrogen and oxygen atoms in total. The van der Waals surface area contributed by atoms with Gasteiger partial charge in [-0.15, -0.1) is 11.8 Å². The van der Waals surface area contributed by atoms with Gasteiger partial charge in [0.05, 0.1) is 9.67 Å². The van der Waals surface area contributed by atoms with Crippen molar-refractivity contribution < 1.29 is 42.9 Å². The molecule has 0 saturated carbocycles. The molecule has 2 fully saturated rings. The fourth-order valence-electron chi connectivity index (χ4n) is 5.11. The van der Waals surface area contributed by atoms with Gasteiger partial charge in [-0.05, 0) is 31.5 Å². The number of rotatable bonds is 9. The number of ether oxygens (including phenoxy) is 2. The smallest absolute Gasteiger partial charge is 0.413 e. The highest BCUT2D eigenvalue weighted by Gasteiger charge is 2.66. The minimum Gasteiger partial charge on any atom is -0.459 e. The van der Waals surface area contributed by atoms with E-state index in [1.807, 2.05) is 11.4 Å². The number of nitro groups is 1. The van der Waals surface area contributed by atoms with Gasteiger partial charge in [0.25, 0.3) is 11.6 Å². The molecule has 16 heteroatoms. The highest BCUT2D eigenvalue weighted by Crippen LogP contribution is 2.51. The van der Waals surface area contributed by atoms with E-state index in [0.29, 0.717) is 16.8 Å². The van der Waals surface area contributed by atoms with Gasteiger partial charge in [-0.25, -0.2) is 9.59 Å². The van der Waals surface area contributed by atoms with Gasteiger partial charge in [0, 0.05) is 24.6 Å². The molecule has 45 heavy (non-hydrogen) atoms. The summed E-state index contributed by atoms with van der Waals surface area (Å²) in [6.07, 6.45) is -1.04. The maximum Gasteiger partial charge on any atom is 0.413 e. The Morgan fingerprint density at radius 1 is 1.11 bits per heavy atom. The number of nitrogens with zero attached hydrogens (tertiary/aromatic N) is 3. The van der Waals surface area contributed by atoms with Crippen molar-refractivity contribution >= 4 is 47.2 Å². The van der Waals surface area contributed by atoms with Gasteiger partial charge in [-0.3, -0.25) is 29.8 Å². The molecule has 0 aliphatic carbocycles. The largest absolute Gasteiger partial charge is 0.459 e. The highest BCUT2D eigenvalue weighted by molar-refractivity contribution is 8.01. The molecular weight excluding hydrogens is 610 g/mol. The van der Waals surface area contributed by atoms with Crippen molar-refractivity contribution in [3.05, 3.63) is 81.6 Å². The van der Waals surface area contributed by atoms with Gasteiger partial charge in [0.15, 0.2) is 0 Å². The van der Waals surface area contributed by atoms with Gasteiger partial charge in [0.1, 0.15) is 47.7 Å². The SMILES string of the molecule is CC(=O)NC(=O)OC[C@]1(C)S[C@@H]2[C@H](NC(=O)c3c(-c4ccccc4)noc3C)C(=O)N2[C@H]1C(=O)OCc1ccc([N+](=O)[O-])cc1. The van der Waals surface area contributed by atoms with Gasteiger partial charge >= 0.3 is 12.1 Å². The molecule has 3 aromatic rings. The quantitative estimate of drug-likeness (QED) is 0.151. The first kappa shape index (κ1) is 31.2. The summed E-state index contributed by atoms with van der Waals surface area (Å²) in [5, 5.41) is 18.9. The van der Waals surface area contributed by atoms with Crippen LogP contribution < -0.4 is 10.6 Å². The van der Waals surface area contributed by atoms with Crippen molar-refractivity contribution in [2.24, 2.45) is 0 Å². The van der Waals surface area contributed by atoms with E-state index in [-0.39, 0.29) is 23.6 Å². The lowest BCUT2D eigenvalue weighted by atomic mass is 9.94. The van der Waals surface area contributed by atoms with Crippen molar-refractivity contribution in [2.45, 2.75) is 49.6 Å². The van der Waals surface area contributed by atoms with Crippen LogP contribution in [0, 0.1) is 17.0 Å².